The van der Waals surface area contributed by atoms with Crippen molar-refractivity contribution in [1.29, 1.82) is 0 Å². The predicted octanol–water partition coefficient (Wildman–Crippen LogP) is 1.86. The molecule has 4 heteroatoms. The monoisotopic (exact) mass is 232 g/mol. The molecule has 1 aromatic heterocycles. The first-order chi connectivity index (χ1) is 8.10. The smallest absolute Gasteiger partial charge is 0.408 e. The number of hydrogen-bond donors (Lipinski definition) is 1. The highest BCUT2D eigenvalue weighted by molar-refractivity contribution is 5.74. The lowest BCUT2D eigenvalue weighted by Gasteiger charge is -2.24. The molecular formula is C13H16N2O2. The van der Waals surface area contributed by atoms with E-state index in [0.29, 0.717) is 5.58 Å². The molecule has 4 nitrogen and oxygen atoms in total. The summed E-state index contributed by atoms with van der Waals surface area (Å²) in [5.41, 5.74) is 8.75. The van der Waals surface area contributed by atoms with Crippen LogP contribution >= 0.6 is 0 Å². The third-order valence-electron chi connectivity index (χ3n) is 3.86. The second-order valence-corrected chi connectivity index (χ2v) is 4.97. The van der Waals surface area contributed by atoms with Gasteiger partial charge in [0.1, 0.15) is 0 Å². The van der Waals surface area contributed by atoms with Crippen molar-refractivity contribution in [3.05, 3.63) is 34.3 Å². The van der Waals surface area contributed by atoms with E-state index >= 15 is 0 Å². The summed E-state index contributed by atoms with van der Waals surface area (Å²) in [4.78, 5) is 11.4. The van der Waals surface area contributed by atoms with Crippen LogP contribution in [-0.4, -0.2) is 4.57 Å². The topological polar surface area (TPSA) is 61.2 Å². The molecule has 0 radical (unpaired) electrons. The molecule has 1 aliphatic rings. The van der Waals surface area contributed by atoms with E-state index in [1.54, 1.807) is 7.05 Å². The zero-order chi connectivity index (χ0) is 12.0. The largest absolute Gasteiger partial charge is 0.419 e. The number of rotatable bonds is 1. The molecule has 0 unspecified atom stereocenters. The SMILES string of the molecule is Cn1c(=O)oc2ccc(C3(N)CCCC3)cc21. The van der Waals surface area contributed by atoms with E-state index in [1.807, 2.05) is 18.2 Å². The standard InChI is InChI=1S/C13H16N2O2/c1-15-10-8-9(13(14)6-2-3-7-13)4-5-11(10)17-12(15)16/h4-5,8H,2-3,6-7,14H2,1H3. The maximum Gasteiger partial charge on any atom is 0.419 e. The Labute approximate surface area is 99.0 Å². The van der Waals surface area contributed by atoms with Gasteiger partial charge >= 0.3 is 5.76 Å². The van der Waals surface area contributed by atoms with Crippen molar-refractivity contribution in [2.45, 2.75) is 31.2 Å². The van der Waals surface area contributed by atoms with Gasteiger partial charge in [-0.15, -0.1) is 0 Å². The summed E-state index contributed by atoms with van der Waals surface area (Å²) in [5, 5.41) is 0. The normalized spacial score (nSPS) is 18.9. The number of nitrogens with zero attached hydrogens (tertiary/aromatic N) is 1. The molecule has 0 saturated heterocycles. The third kappa shape index (κ3) is 1.52. The Bertz CT molecular complexity index is 618. The van der Waals surface area contributed by atoms with Gasteiger partial charge < -0.3 is 10.2 Å². The van der Waals surface area contributed by atoms with Gasteiger partial charge in [-0.2, -0.15) is 0 Å². The Morgan fingerprint density at radius 3 is 2.76 bits per heavy atom. The lowest BCUT2D eigenvalue weighted by molar-refractivity contribution is 0.462. The molecular weight excluding hydrogens is 216 g/mol. The van der Waals surface area contributed by atoms with Gasteiger partial charge in [-0.1, -0.05) is 18.9 Å². The van der Waals surface area contributed by atoms with Crippen molar-refractivity contribution in [2.24, 2.45) is 12.8 Å². The molecule has 0 amide bonds. The first kappa shape index (κ1) is 10.6. The molecule has 2 aromatic rings. The van der Waals surface area contributed by atoms with E-state index in [1.165, 1.54) is 17.4 Å². The Kier molecular flexibility index (Phi) is 2.16. The fraction of sp³-hybridized carbons (Fsp3) is 0.462. The number of hydrogen-bond acceptors (Lipinski definition) is 3. The van der Waals surface area contributed by atoms with Gasteiger partial charge in [-0.05, 0) is 30.5 Å². The highest BCUT2D eigenvalue weighted by Crippen LogP contribution is 2.37. The number of benzene rings is 1. The molecule has 0 atom stereocenters. The minimum atomic E-state index is -0.324. The fourth-order valence-corrected chi connectivity index (χ4v) is 2.73. The van der Waals surface area contributed by atoms with Crippen LogP contribution in [0.25, 0.3) is 11.1 Å². The first-order valence-corrected chi connectivity index (χ1v) is 5.99. The summed E-state index contributed by atoms with van der Waals surface area (Å²) in [7, 11) is 1.72. The molecule has 1 aliphatic carbocycles. The lowest BCUT2D eigenvalue weighted by atomic mass is 9.89. The molecule has 0 aliphatic heterocycles. The molecule has 17 heavy (non-hydrogen) atoms. The second-order valence-electron chi connectivity index (χ2n) is 4.97. The Morgan fingerprint density at radius 2 is 2.06 bits per heavy atom. The fourth-order valence-electron chi connectivity index (χ4n) is 2.73. The number of aromatic nitrogens is 1. The Balaban J connectivity index is 2.19. The number of nitrogens with two attached hydrogens (primary N) is 1. The van der Waals surface area contributed by atoms with Gasteiger partial charge in [0, 0.05) is 12.6 Å². The van der Waals surface area contributed by atoms with Crippen LogP contribution in [0.15, 0.2) is 27.4 Å². The van der Waals surface area contributed by atoms with Crippen LogP contribution in [0.5, 0.6) is 0 Å². The molecule has 1 aromatic carbocycles. The number of fused-ring (bicyclic) bond motifs is 1. The van der Waals surface area contributed by atoms with E-state index < -0.39 is 0 Å². The zero-order valence-corrected chi connectivity index (χ0v) is 9.90. The summed E-state index contributed by atoms with van der Waals surface area (Å²) in [6.45, 7) is 0. The summed E-state index contributed by atoms with van der Waals surface area (Å²) >= 11 is 0. The van der Waals surface area contributed by atoms with Crippen molar-refractivity contribution in [3.63, 3.8) is 0 Å². The highest BCUT2D eigenvalue weighted by atomic mass is 16.4. The summed E-state index contributed by atoms with van der Waals surface area (Å²) in [5.74, 6) is -0.324. The average Bonchev–Trinajstić information content (AvgIpc) is 2.86. The van der Waals surface area contributed by atoms with Crippen molar-refractivity contribution in [2.75, 3.05) is 0 Å². The van der Waals surface area contributed by atoms with Crippen LogP contribution in [0.3, 0.4) is 0 Å². The van der Waals surface area contributed by atoms with Crippen molar-refractivity contribution < 1.29 is 4.42 Å². The van der Waals surface area contributed by atoms with Gasteiger partial charge in [0.05, 0.1) is 5.52 Å². The third-order valence-corrected chi connectivity index (χ3v) is 3.86. The summed E-state index contributed by atoms with van der Waals surface area (Å²) in [6, 6.07) is 5.82. The Hall–Kier alpha value is -1.55. The van der Waals surface area contributed by atoms with E-state index in [9.17, 15) is 4.79 Å². The molecule has 0 bridgehead atoms. The van der Waals surface area contributed by atoms with Crippen molar-refractivity contribution in [3.8, 4) is 0 Å². The van der Waals surface area contributed by atoms with Crippen LogP contribution < -0.4 is 11.5 Å². The van der Waals surface area contributed by atoms with Crippen LogP contribution in [0.1, 0.15) is 31.2 Å². The summed E-state index contributed by atoms with van der Waals surface area (Å²) in [6.07, 6.45) is 4.40. The van der Waals surface area contributed by atoms with Crippen molar-refractivity contribution in [1.82, 2.24) is 4.57 Å². The molecule has 3 rings (SSSR count). The van der Waals surface area contributed by atoms with Crippen molar-refractivity contribution >= 4 is 11.1 Å². The molecule has 90 valence electrons. The van der Waals surface area contributed by atoms with Gasteiger partial charge in [-0.3, -0.25) is 4.57 Å². The van der Waals surface area contributed by atoms with Gasteiger partial charge in [0.2, 0.25) is 0 Å². The van der Waals surface area contributed by atoms with Crippen LogP contribution in [-0.2, 0) is 12.6 Å². The molecule has 2 N–H and O–H groups in total. The van der Waals surface area contributed by atoms with Gasteiger partial charge in [0.15, 0.2) is 5.58 Å². The van der Waals surface area contributed by atoms with E-state index in [0.717, 1.165) is 23.9 Å². The van der Waals surface area contributed by atoms with Crippen LogP contribution in [0, 0.1) is 0 Å². The van der Waals surface area contributed by atoms with E-state index in [4.69, 9.17) is 10.2 Å². The van der Waals surface area contributed by atoms with Gasteiger partial charge in [0.25, 0.3) is 0 Å². The molecule has 1 fully saturated rings. The zero-order valence-electron chi connectivity index (χ0n) is 9.90. The average molecular weight is 232 g/mol. The highest BCUT2D eigenvalue weighted by Gasteiger charge is 2.31. The number of aryl methyl sites for hydroxylation is 1. The molecule has 0 spiro atoms. The minimum Gasteiger partial charge on any atom is -0.408 e. The number of oxazole rings is 1. The molecule has 1 heterocycles. The maximum absolute atomic E-state index is 11.4. The quantitative estimate of drug-likeness (QED) is 0.816. The molecule has 1 saturated carbocycles. The van der Waals surface area contributed by atoms with Crippen LogP contribution in [0.2, 0.25) is 0 Å². The van der Waals surface area contributed by atoms with Crippen LogP contribution in [0.4, 0.5) is 0 Å². The predicted molar refractivity (Wildman–Crippen MR) is 65.8 cm³/mol. The Morgan fingerprint density at radius 1 is 1.35 bits per heavy atom. The van der Waals surface area contributed by atoms with Gasteiger partial charge in [-0.25, -0.2) is 4.79 Å². The summed E-state index contributed by atoms with van der Waals surface area (Å²) < 4.78 is 6.64. The maximum atomic E-state index is 11.4. The second kappa shape index (κ2) is 3.47. The minimum absolute atomic E-state index is 0.221. The first-order valence-electron chi connectivity index (χ1n) is 5.99. The van der Waals surface area contributed by atoms with E-state index in [2.05, 4.69) is 0 Å². The lowest BCUT2D eigenvalue weighted by Crippen LogP contribution is -2.32. The van der Waals surface area contributed by atoms with E-state index in [-0.39, 0.29) is 11.3 Å².